The molecule has 0 bridgehead atoms. The molecule has 8 heteroatoms. The van der Waals surface area contributed by atoms with E-state index < -0.39 is 6.55 Å². The molecular formula is C11H7F2N5O. The van der Waals surface area contributed by atoms with Crippen molar-refractivity contribution in [3.8, 4) is 23.0 Å². The second-order valence-corrected chi connectivity index (χ2v) is 3.61. The minimum absolute atomic E-state index is 0.0891. The zero-order chi connectivity index (χ0) is 13.2. The van der Waals surface area contributed by atoms with E-state index in [0.717, 1.165) is 6.20 Å². The summed E-state index contributed by atoms with van der Waals surface area (Å²) in [6.45, 7) is -2.70. The monoisotopic (exact) mass is 263 g/mol. The standard InChI is InChI=1S/C11H7F2N5O/c12-11(13)18-6-3-8(17-18)10-16-15-9(19-10)7-1-4-14-5-2-7/h1-6,11H. The van der Waals surface area contributed by atoms with Gasteiger partial charge in [-0.15, -0.1) is 10.2 Å². The van der Waals surface area contributed by atoms with Gasteiger partial charge in [-0.05, 0) is 18.2 Å². The second-order valence-electron chi connectivity index (χ2n) is 3.61. The van der Waals surface area contributed by atoms with E-state index in [1.165, 1.54) is 6.07 Å². The summed E-state index contributed by atoms with van der Waals surface area (Å²) in [5.41, 5.74) is 0.898. The number of rotatable bonds is 3. The van der Waals surface area contributed by atoms with Crippen LogP contribution in [0.5, 0.6) is 0 Å². The fourth-order valence-corrected chi connectivity index (χ4v) is 1.50. The zero-order valence-corrected chi connectivity index (χ0v) is 9.44. The van der Waals surface area contributed by atoms with Crippen molar-refractivity contribution >= 4 is 0 Å². The molecule has 0 atom stereocenters. The van der Waals surface area contributed by atoms with Crippen LogP contribution in [0.3, 0.4) is 0 Å². The molecule has 3 rings (SSSR count). The lowest BCUT2D eigenvalue weighted by molar-refractivity contribution is 0.0568. The summed E-state index contributed by atoms with van der Waals surface area (Å²) in [5, 5.41) is 11.3. The van der Waals surface area contributed by atoms with Gasteiger partial charge in [-0.1, -0.05) is 0 Å². The fourth-order valence-electron chi connectivity index (χ4n) is 1.50. The lowest BCUT2D eigenvalue weighted by Gasteiger charge is -1.95. The first-order valence-corrected chi connectivity index (χ1v) is 5.31. The molecule has 0 radical (unpaired) electrons. The highest BCUT2D eigenvalue weighted by molar-refractivity contribution is 5.54. The minimum Gasteiger partial charge on any atom is -0.415 e. The Labute approximate surface area is 105 Å². The van der Waals surface area contributed by atoms with Gasteiger partial charge in [0, 0.05) is 24.2 Å². The first kappa shape index (κ1) is 11.5. The smallest absolute Gasteiger partial charge is 0.333 e. The van der Waals surface area contributed by atoms with Crippen molar-refractivity contribution in [2.45, 2.75) is 6.55 Å². The molecule has 3 heterocycles. The average molecular weight is 263 g/mol. The third-order valence-electron chi connectivity index (χ3n) is 2.38. The Kier molecular flexibility index (Phi) is 2.75. The van der Waals surface area contributed by atoms with Crippen molar-refractivity contribution in [2.24, 2.45) is 0 Å². The van der Waals surface area contributed by atoms with Gasteiger partial charge in [-0.25, -0.2) is 4.68 Å². The van der Waals surface area contributed by atoms with Crippen LogP contribution < -0.4 is 0 Å². The lowest BCUT2D eigenvalue weighted by Crippen LogP contribution is -1.98. The molecule has 0 saturated carbocycles. The first-order valence-electron chi connectivity index (χ1n) is 5.31. The van der Waals surface area contributed by atoms with E-state index >= 15 is 0 Å². The Morgan fingerprint density at radius 2 is 1.79 bits per heavy atom. The van der Waals surface area contributed by atoms with Crippen molar-refractivity contribution in [1.29, 1.82) is 0 Å². The summed E-state index contributed by atoms with van der Waals surface area (Å²) in [6.07, 6.45) is 4.33. The first-order chi connectivity index (χ1) is 9.24. The van der Waals surface area contributed by atoms with Gasteiger partial charge >= 0.3 is 6.55 Å². The number of halogens is 2. The number of hydrogen-bond donors (Lipinski definition) is 0. The Bertz CT molecular complexity index is 679. The van der Waals surface area contributed by atoms with Crippen LogP contribution in [-0.4, -0.2) is 25.0 Å². The molecule has 0 saturated heterocycles. The molecule has 3 aromatic rings. The van der Waals surface area contributed by atoms with Crippen LogP contribution in [0.1, 0.15) is 6.55 Å². The number of nitrogens with zero attached hydrogens (tertiary/aromatic N) is 5. The van der Waals surface area contributed by atoms with Crippen LogP contribution in [-0.2, 0) is 0 Å². The molecular weight excluding hydrogens is 256 g/mol. The molecule has 0 unspecified atom stereocenters. The van der Waals surface area contributed by atoms with Crippen molar-refractivity contribution in [1.82, 2.24) is 25.0 Å². The maximum atomic E-state index is 12.4. The summed E-state index contributed by atoms with van der Waals surface area (Å²) >= 11 is 0. The highest BCUT2D eigenvalue weighted by Crippen LogP contribution is 2.22. The highest BCUT2D eigenvalue weighted by atomic mass is 19.3. The molecule has 96 valence electrons. The number of hydrogen-bond acceptors (Lipinski definition) is 5. The second kappa shape index (κ2) is 4.56. The third kappa shape index (κ3) is 2.19. The molecule has 3 aromatic heterocycles. The minimum atomic E-state index is -2.70. The van der Waals surface area contributed by atoms with E-state index in [4.69, 9.17) is 4.42 Å². The Morgan fingerprint density at radius 3 is 2.47 bits per heavy atom. The van der Waals surface area contributed by atoms with Crippen molar-refractivity contribution in [3.63, 3.8) is 0 Å². The maximum Gasteiger partial charge on any atom is 0.333 e. The summed E-state index contributed by atoms with van der Waals surface area (Å²) in [7, 11) is 0. The van der Waals surface area contributed by atoms with Crippen LogP contribution >= 0.6 is 0 Å². The van der Waals surface area contributed by atoms with Crippen molar-refractivity contribution in [3.05, 3.63) is 36.8 Å². The van der Waals surface area contributed by atoms with E-state index in [-0.39, 0.29) is 17.5 Å². The van der Waals surface area contributed by atoms with Gasteiger partial charge in [0.25, 0.3) is 5.89 Å². The Balaban J connectivity index is 1.92. The Hall–Kier alpha value is -2.64. The largest absolute Gasteiger partial charge is 0.415 e. The van der Waals surface area contributed by atoms with Crippen LogP contribution in [0.15, 0.2) is 41.2 Å². The number of aromatic nitrogens is 5. The number of alkyl halides is 2. The topological polar surface area (TPSA) is 69.6 Å². The summed E-state index contributed by atoms with van der Waals surface area (Å²) in [6, 6.07) is 4.79. The van der Waals surface area contributed by atoms with E-state index in [1.54, 1.807) is 24.5 Å². The van der Waals surface area contributed by atoms with E-state index in [0.29, 0.717) is 10.2 Å². The highest BCUT2D eigenvalue weighted by Gasteiger charge is 2.15. The Morgan fingerprint density at radius 1 is 1.05 bits per heavy atom. The zero-order valence-electron chi connectivity index (χ0n) is 9.44. The summed E-state index contributed by atoms with van der Waals surface area (Å²) < 4.78 is 30.7. The maximum absolute atomic E-state index is 12.4. The quantitative estimate of drug-likeness (QED) is 0.725. The lowest BCUT2D eigenvalue weighted by atomic mass is 10.3. The SMILES string of the molecule is FC(F)n1ccc(-c2nnc(-c3ccncc3)o2)n1. The van der Waals surface area contributed by atoms with E-state index in [1.807, 2.05) is 0 Å². The van der Waals surface area contributed by atoms with Crippen LogP contribution in [0.2, 0.25) is 0 Å². The van der Waals surface area contributed by atoms with Gasteiger partial charge in [0.05, 0.1) is 0 Å². The average Bonchev–Trinajstić information content (AvgIpc) is 3.09. The van der Waals surface area contributed by atoms with Gasteiger partial charge in [-0.3, -0.25) is 4.98 Å². The summed E-state index contributed by atoms with van der Waals surface area (Å²) in [4.78, 5) is 3.87. The normalized spacial score (nSPS) is 11.1. The third-order valence-corrected chi connectivity index (χ3v) is 2.38. The molecule has 0 spiro atoms. The molecule has 0 aromatic carbocycles. The van der Waals surface area contributed by atoms with Gasteiger partial charge < -0.3 is 4.42 Å². The van der Waals surface area contributed by atoms with Crippen molar-refractivity contribution in [2.75, 3.05) is 0 Å². The molecule has 6 nitrogen and oxygen atoms in total. The molecule has 0 aliphatic carbocycles. The molecule has 0 fully saturated rings. The van der Waals surface area contributed by atoms with Gasteiger partial charge in [0.2, 0.25) is 5.89 Å². The van der Waals surface area contributed by atoms with Crippen molar-refractivity contribution < 1.29 is 13.2 Å². The molecule has 0 amide bonds. The van der Waals surface area contributed by atoms with Crippen LogP contribution in [0.25, 0.3) is 23.0 Å². The number of pyridine rings is 1. The predicted molar refractivity (Wildman–Crippen MR) is 60.0 cm³/mol. The summed E-state index contributed by atoms with van der Waals surface area (Å²) in [5.74, 6) is 0.371. The molecule has 0 aliphatic heterocycles. The van der Waals surface area contributed by atoms with Gasteiger partial charge in [0.15, 0.2) is 0 Å². The van der Waals surface area contributed by atoms with Crippen LogP contribution in [0, 0.1) is 0 Å². The van der Waals surface area contributed by atoms with E-state index in [2.05, 4.69) is 20.3 Å². The fraction of sp³-hybridized carbons (Fsp3) is 0.0909. The van der Waals surface area contributed by atoms with Crippen LogP contribution in [0.4, 0.5) is 8.78 Å². The van der Waals surface area contributed by atoms with Gasteiger partial charge in [-0.2, -0.15) is 13.9 Å². The molecule has 0 N–H and O–H groups in total. The molecule has 0 aliphatic rings. The predicted octanol–water partition coefficient (Wildman–Crippen LogP) is 2.39. The van der Waals surface area contributed by atoms with E-state index in [9.17, 15) is 8.78 Å². The molecule has 19 heavy (non-hydrogen) atoms. The van der Waals surface area contributed by atoms with Gasteiger partial charge in [0.1, 0.15) is 5.69 Å².